The molecule has 0 aliphatic heterocycles. The van der Waals surface area contributed by atoms with Gasteiger partial charge in [-0.05, 0) is 44.0 Å². The third kappa shape index (κ3) is 6.61. The van der Waals surface area contributed by atoms with Gasteiger partial charge in [0.15, 0.2) is 6.61 Å². The standard InChI is InChI=1S/C21H25ClN2O3/c1-3-24(4-2)21(26)15-27-19-12-11-17(14-18(19)22)23-20(25)13-10-16-8-6-5-7-9-16/h5-9,11-12,14H,3-4,10,13,15H2,1-2H3,(H,23,25). The van der Waals surface area contributed by atoms with E-state index in [1.807, 2.05) is 44.2 Å². The van der Waals surface area contributed by atoms with Gasteiger partial charge in [-0.2, -0.15) is 0 Å². The Bertz CT molecular complexity index is 761. The average Bonchev–Trinajstić information content (AvgIpc) is 2.67. The maximum Gasteiger partial charge on any atom is 0.260 e. The second-order valence-corrected chi connectivity index (χ2v) is 6.44. The van der Waals surface area contributed by atoms with Crippen LogP contribution in [0.4, 0.5) is 5.69 Å². The lowest BCUT2D eigenvalue weighted by Crippen LogP contribution is -2.34. The Morgan fingerprint density at radius 3 is 2.41 bits per heavy atom. The second-order valence-electron chi connectivity index (χ2n) is 6.03. The van der Waals surface area contributed by atoms with E-state index in [4.69, 9.17) is 16.3 Å². The van der Waals surface area contributed by atoms with Gasteiger partial charge in [-0.15, -0.1) is 0 Å². The predicted molar refractivity (Wildman–Crippen MR) is 108 cm³/mol. The lowest BCUT2D eigenvalue weighted by molar-refractivity contribution is -0.133. The molecule has 144 valence electrons. The fourth-order valence-corrected chi connectivity index (χ4v) is 2.86. The highest BCUT2D eigenvalue weighted by Crippen LogP contribution is 2.27. The van der Waals surface area contributed by atoms with Crippen molar-refractivity contribution in [2.24, 2.45) is 0 Å². The Labute approximate surface area is 165 Å². The summed E-state index contributed by atoms with van der Waals surface area (Å²) in [5, 5.41) is 3.18. The van der Waals surface area contributed by atoms with Crippen molar-refractivity contribution >= 4 is 29.1 Å². The number of nitrogens with one attached hydrogen (secondary N) is 1. The summed E-state index contributed by atoms with van der Waals surface area (Å²) in [6.07, 6.45) is 1.06. The van der Waals surface area contributed by atoms with Gasteiger partial charge < -0.3 is 15.0 Å². The molecule has 0 spiro atoms. The van der Waals surface area contributed by atoms with Crippen molar-refractivity contribution in [3.63, 3.8) is 0 Å². The van der Waals surface area contributed by atoms with Gasteiger partial charge in [-0.1, -0.05) is 41.9 Å². The summed E-state index contributed by atoms with van der Waals surface area (Å²) in [6, 6.07) is 14.8. The summed E-state index contributed by atoms with van der Waals surface area (Å²) < 4.78 is 5.51. The first kappa shape index (κ1) is 20.8. The molecule has 0 fully saturated rings. The van der Waals surface area contributed by atoms with Gasteiger partial charge in [0.25, 0.3) is 5.91 Å². The molecule has 0 bridgehead atoms. The zero-order valence-corrected chi connectivity index (χ0v) is 16.5. The van der Waals surface area contributed by atoms with E-state index in [-0.39, 0.29) is 18.4 Å². The SMILES string of the molecule is CCN(CC)C(=O)COc1ccc(NC(=O)CCc2ccccc2)cc1Cl. The van der Waals surface area contributed by atoms with Crippen molar-refractivity contribution in [1.29, 1.82) is 0 Å². The number of benzene rings is 2. The molecule has 0 aliphatic rings. The molecular weight excluding hydrogens is 364 g/mol. The van der Waals surface area contributed by atoms with E-state index in [0.29, 0.717) is 42.4 Å². The molecule has 0 saturated carbocycles. The van der Waals surface area contributed by atoms with Gasteiger partial charge in [-0.25, -0.2) is 0 Å². The number of ether oxygens (including phenoxy) is 1. The summed E-state index contributed by atoms with van der Waals surface area (Å²) in [5.74, 6) is 0.245. The molecule has 27 heavy (non-hydrogen) atoms. The zero-order valence-electron chi connectivity index (χ0n) is 15.7. The van der Waals surface area contributed by atoms with Crippen molar-refractivity contribution in [2.75, 3.05) is 25.0 Å². The van der Waals surface area contributed by atoms with Crippen molar-refractivity contribution in [3.8, 4) is 5.75 Å². The van der Waals surface area contributed by atoms with Gasteiger partial charge in [0.05, 0.1) is 5.02 Å². The first-order chi connectivity index (χ1) is 13.0. The monoisotopic (exact) mass is 388 g/mol. The number of aryl methyl sites for hydroxylation is 1. The van der Waals surface area contributed by atoms with E-state index in [1.165, 1.54) is 0 Å². The molecule has 2 rings (SSSR count). The third-order valence-electron chi connectivity index (χ3n) is 4.17. The van der Waals surface area contributed by atoms with Crippen molar-refractivity contribution < 1.29 is 14.3 Å². The molecule has 0 aliphatic carbocycles. The summed E-state index contributed by atoms with van der Waals surface area (Å²) in [7, 11) is 0. The van der Waals surface area contributed by atoms with Crippen molar-refractivity contribution in [2.45, 2.75) is 26.7 Å². The lowest BCUT2D eigenvalue weighted by atomic mass is 10.1. The Morgan fingerprint density at radius 2 is 1.78 bits per heavy atom. The highest BCUT2D eigenvalue weighted by Gasteiger charge is 2.12. The predicted octanol–water partition coefficient (Wildman–Crippen LogP) is 4.16. The van der Waals surface area contributed by atoms with Gasteiger partial charge in [0.2, 0.25) is 5.91 Å². The molecule has 0 unspecified atom stereocenters. The highest BCUT2D eigenvalue weighted by molar-refractivity contribution is 6.32. The number of nitrogens with zero attached hydrogens (tertiary/aromatic N) is 1. The zero-order chi connectivity index (χ0) is 19.6. The third-order valence-corrected chi connectivity index (χ3v) is 4.46. The molecule has 6 heteroatoms. The Balaban J connectivity index is 1.86. The molecule has 0 aromatic heterocycles. The Hall–Kier alpha value is -2.53. The van der Waals surface area contributed by atoms with Crippen LogP contribution in [0.3, 0.4) is 0 Å². The molecule has 2 aromatic carbocycles. The minimum absolute atomic E-state index is 0.0653. The van der Waals surface area contributed by atoms with Crippen LogP contribution in [-0.4, -0.2) is 36.4 Å². The molecular formula is C21H25ClN2O3. The molecule has 2 aromatic rings. The van der Waals surface area contributed by atoms with E-state index in [0.717, 1.165) is 5.56 Å². The van der Waals surface area contributed by atoms with E-state index in [1.54, 1.807) is 23.1 Å². The van der Waals surface area contributed by atoms with Crippen LogP contribution in [0.5, 0.6) is 5.75 Å². The van der Waals surface area contributed by atoms with Gasteiger partial charge in [0.1, 0.15) is 5.75 Å². The number of anilines is 1. The van der Waals surface area contributed by atoms with Crippen LogP contribution in [0.1, 0.15) is 25.8 Å². The van der Waals surface area contributed by atoms with Crippen LogP contribution in [0.25, 0.3) is 0 Å². The average molecular weight is 389 g/mol. The quantitative estimate of drug-likeness (QED) is 0.701. The normalized spacial score (nSPS) is 10.3. The van der Waals surface area contributed by atoms with Crippen LogP contribution in [0.15, 0.2) is 48.5 Å². The second kappa shape index (κ2) is 10.6. The number of halogens is 1. The smallest absolute Gasteiger partial charge is 0.260 e. The molecule has 5 nitrogen and oxygen atoms in total. The van der Waals surface area contributed by atoms with Gasteiger partial charge in [-0.3, -0.25) is 9.59 Å². The molecule has 0 atom stereocenters. The minimum Gasteiger partial charge on any atom is -0.482 e. The first-order valence-electron chi connectivity index (χ1n) is 9.07. The number of carbonyl (C=O) groups excluding carboxylic acids is 2. The number of likely N-dealkylation sites (N-methyl/N-ethyl adjacent to an activating group) is 1. The van der Waals surface area contributed by atoms with Crippen LogP contribution in [0, 0.1) is 0 Å². The highest BCUT2D eigenvalue weighted by atomic mass is 35.5. The summed E-state index contributed by atoms with van der Waals surface area (Å²) in [5.41, 5.74) is 1.72. The topological polar surface area (TPSA) is 58.6 Å². The number of amides is 2. The number of hydrogen-bond donors (Lipinski definition) is 1. The van der Waals surface area contributed by atoms with E-state index >= 15 is 0 Å². The fourth-order valence-electron chi connectivity index (χ4n) is 2.63. The summed E-state index contributed by atoms with van der Waals surface area (Å²) >= 11 is 6.22. The van der Waals surface area contributed by atoms with Crippen molar-refractivity contribution in [1.82, 2.24) is 4.90 Å². The number of rotatable bonds is 9. The van der Waals surface area contributed by atoms with Crippen LogP contribution in [-0.2, 0) is 16.0 Å². The molecule has 0 radical (unpaired) electrons. The fraction of sp³-hybridized carbons (Fsp3) is 0.333. The first-order valence-corrected chi connectivity index (χ1v) is 9.45. The molecule has 0 saturated heterocycles. The van der Waals surface area contributed by atoms with E-state index in [9.17, 15) is 9.59 Å². The van der Waals surface area contributed by atoms with Crippen LogP contribution >= 0.6 is 11.6 Å². The van der Waals surface area contributed by atoms with Gasteiger partial charge in [0, 0.05) is 25.2 Å². The summed E-state index contributed by atoms with van der Waals surface area (Å²) in [4.78, 5) is 25.8. The van der Waals surface area contributed by atoms with E-state index in [2.05, 4.69) is 5.32 Å². The molecule has 1 N–H and O–H groups in total. The number of hydrogen-bond acceptors (Lipinski definition) is 3. The largest absolute Gasteiger partial charge is 0.482 e. The Kier molecular flexibility index (Phi) is 8.14. The lowest BCUT2D eigenvalue weighted by Gasteiger charge is -2.19. The molecule has 2 amide bonds. The van der Waals surface area contributed by atoms with Crippen LogP contribution < -0.4 is 10.1 Å². The summed E-state index contributed by atoms with van der Waals surface area (Å²) in [6.45, 7) is 5.05. The maximum atomic E-state index is 12.1. The Morgan fingerprint density at radius 1 is 1.07 bits per heavy atom. The van der Waals surface area contributed by atoms with Crippen LogP contribution in [0.2, 0.25) is 5.02 Å². The van der Waals surface area contributed by atoms with Crippen molar-refractivity contribution in [3.05, 3.63) is 59.1 Å². The van der Waals surface area contributed by atoms with Gasteiger partial charge >= 0.3 is 0 Å². The number of carbonyl (C=O) groups is 2. The maximum absolute atomic E-state index is 12.1. The minimum atomic E-state index is -0.0886. The van der Waals surface area contributed by atoms with E-state index < -0.39 is 0 Å². The molecule has 0 heterocycles.